The fourth-order valence-electron chi connectivity index (χ4n) is 2.52. The Hall–Kier alpha value is -3.39. The molecule has 128 valence electrons. The predicted octanol–water partition coefficient (Wildman–Crippen LogP) is 2.40. The van der Waals surface area contributed by atoms with Gasteiger partial charge in [0.25, 0.3) is 5.69 Å². The van der Waals surface area contributed by atoms with Crippen molar-refractivity contribution < 1.29 is 19.6 Å². The van der Waals surface area contributed by atoms with Gasteiger partial charge in [0.2, 0.25) is 0 Å². The van der Waals surface area contributed by atoms with Crippen molar-refractivity contribution in [2.75, 3.05) is 0 Å². The normalized spacial score (nSPS) is 10.9. The van der Waals surface area contributed by atoms with Crippen molar-refractivity contribution in [3.63, 3.8) is 0 Å². The summed E-state index contributed by atoms with van der Waals surface area (Å²) < 4.78 is 5.53. The van der Waals surface area contributed by atoms with Gasteiger partial charge in [-0.05, 0) is 12.1 Å². The summed E-state index contributed by atoms with van der Waals surface area (Å²) in [6.07, 6.45) is 0. The van der Waals surface area contributed by atoms with Crippen LogP contribution < -0.4 is 10.7 Å². The van der Waals surface area contributed by atoms with E-state index in [4.69, 9.17) is 4.42 Å². The quantitative estimate of drug-likeness (QED) is 0.369. The minimum Gasteiger partial charge on any atom is -0.504 e. The number of phenols is 2. The van der Waals surface area contributed by atoms with Gasteiger partial charge in [-0.2, -0.15) is 0 Å². The standard InChI is InChI=1S/C17H14N2O6/c20-13-5-6-15-16(17(13)22)14(21)7-11(25-15)9-18-8-10-3-1-2-4-12(10)19(23)24/h1-7,18,20,22H,8-9H2. The van der Waals surface area contributed by atoms with E-state index >= 15 is 0 Å². The third-order valence-electron chi connectivity index (χ3n) is 3.70. The second-order valence-corrected chi connectivity index (χ2v) is 5.37. The molecule has 0 spiro atoms. The lowest BCUT2D eigenvalue weighted by Crippen LogP contribution is -2.15. The Morgan fingerprint density at radius 1 is 1.12 bits per heavy atom. The highest BCUT2D eigenvalue weighted by molar-refractivity contribution is 5.85. The number of benzene rings is 2. The third-order valence-corrected chi connectivity index (χ3v) is 3.70. The number of para-hydroxylation sites is 1. The Kier molecular flexibility index (Phi) is 4.36. The minimum absolute atomic E-state index is 0.00959. The molecule has 3 aromatic rings. The van der Waals surface area contributed by atoms with Gasteiger partial charge in [0.15, 0.2) is 16.9 Å². The van der Waals surface area contributed by atoms with E-state index in [9.17, 15) is 25.1 Å². The monoisotopic (exact) mass is 342 g/mol. The average Bonchev–Trinajstić information content (AvgIpc) is 2.58. The molecule has 0 unspecified atom stereocenters. The zero-order valence-electron chi connectivity index (χ0n) is 12.9. The van der Waals surface area contributed by atoms with Gasteiger partial charge in [-0.1, -0.05) is 18.2 Å². The predicted molar refractivity (Wildman–Crippen MR) is 89.5 cm³/mol. The van der Waals surface area contributed by atoms with E-state index in [1.807, 2.05) is 0 Å². The van der Waals surface area contributed by atoms with Crippen LogP contribution in [0.2, 0.25) is 0 Å². The number of nitro benzene ring substituents is 1. The van der Waals surface area contributed by atoms with Crippen molar-refractivity contribution >= 4 is 16.7 Å². The molecule has 3 N–H and O–H groups in total. The second-order valence-electron chi connectivity index (χ2n) is 5.37. The number of fused-ring (bicyclic) bond motifs is 1. The Morgan fingerprint density at radius 3 is 2.64 bits per heavy atom. The topological polar surface area (TPSA) is 126 Å². The zero-order chi connectivity index (χ0) is 18.0. The van der Waals surface area contributed by atoms with Crippen molar-refractivity contribution in [1.29, 1.82) is 0 Å². The molecular formula is C17H14N2O6. The summed E-state index contributed by atoms with van der Waals surface area (Å²) in [5, 5.41) is 33.1. The first-order valence-electron chi connectivity index (χ1n) is 7.38. The van der Waals surface area contributed by atoms with Crippen LogP contribution >= 0.6 is 0 Å². The van der Waals surface area contributed by atoms with Gasteiger partial charge < -0.3 is 19.9 Å². The van der Waals surface area contributed by atoms with E-state index in [-0.39, 0.29) is 29.7 Å². The molecule has 0 amide bonds. The fourth-order valence-corrected chi connectivity index (χ4v) is 2.52. The lowest BCUT2D eigenvalue weighted by atomic mass is 10.1. The summed E-state index contributed by atoms with van der Waals surface area (Å²) in [5.41, 5.74) is 0.177. The van der Waals surface area contributed by atoms with Crippen molar-refractivity contribution in [2.24, 2.45) is 0 Å². The number of phenolic OH excluding ortho intramolecular Hbond substituents is 2. The maximum Gasteiger partial charge on any atom is 0.273 e. The summed E-state index contributed by atoms with van der Waals surface area (Å²) in [6.45, 7) is 0.387. The SMILES string of the molecule is O=c1cc(CNCc2ccccc2[N+](=O)[O-])oc2ccc(O)c(O)c12. The van der Waals surface area contributed by atoms with E-state index in [2.05, 4.69) is 5.32 Å². The number of aromatic hydroxyl groups is 2. The van der Waals surface area contributed by atoms with Gasteiger partial charge in [0.1, 0.15) is 16.7 Å². The van der Waals surface area contributed by atoms with Crippen molar-refractivity contribution in [3.05, 3.63) is 74.1 Å². The molecule has 0 bridgehead atoms. The van der Waals surface area contributed by atoms with Gasteiger partial charge in [-0.15, -0.1) is 0 Å². The van der Waals surface area contributed by atoms with Gasteiger partial charge in [-0.3, -0.25) is 14.9 Å². The number of nitrogens with one attached hydrogen (secondary N) is 1. The molecule has 8 heteroatoms. The largest absolute Gasteiger partial charge is 0.504 e. The molecule has 0 fully saturated rings. The van der Waals surface area contributed by atoms with E-state index in [0.29, 0.717) is 11.3 Å². The number of nitro groups is 1. The Balaban J connectivity index is 1.80. The van der Waals surface area contributed by atoms with E-state index in [0.717, 1.165) is 0 Å². The summed E-state index contributed by atoms with van der Waals surface area (Å²) in [7, 11) is 0. The van der Waals surface area contributed by atoms with Gasteiger partial charge in [-0.25, -0.2) is 0 Å². The number of hydrogen-bond donors (Lipinski definition) is 3. The first kappa shape index (κ1) is 16.5. The van der Waals surface area contributed by atoms with Crippen LogP contribution in [0.25, 0.3) is 11.0 Å². The molecule has 0 aliphatic rings. The number of nitrogens with zero attached hydrogens (tertiary/aromatic N) is 1. The van der Waals surface area contributed by atoms with Crippen LogP contribution in [-0.4, -0.2) is 15.1 Å². The maximum atomic E-state index is 12.1. The van der Waals surface area contributed by atoms with E-state index in [1.54, 1.807) is 18.2 Å². The van der Waals surface area contributed by atoms with Crippen molar-refractivity contribution in [1.82, 2.24) is 5.32 Å². The Bertz CT molecular complexity index is 1010. The molecule has 0 saturated heterocycles. The molecule has 25 heavy (non-hydrogen) atoms. The number of rotatable bonds is 5. The molecule has 1 aromatic heterocycles. The first-order valence-corrected chi connectivity index (χ1v) is 7.38. The van der Waals surface area contributed by atoms with Crippen LogP contribution in [0.1, 0.15) is 11.3 Å². The smallest absolute Gasteiger partial charge is 0.273 e. The number of hydrogen-bond acceptors (Lipinski definition) is 7. The summed E-state index contributed by atoms with van der Waals surface area (Å²) >= 11 is 0. The van der Waals surface area contributed by atoms with Crippen molar-refractivity contribution in [2.45, 2.75) is 13.1 Å². The van der Waals surface area contributed by atoms with Crippen LogP contribution in [-0.2, 0) is 13.1 Å². The summed E-state index contributed by atoms with van der Waals surface area (Å²) in [5.74, 6) is -0.617. The lowest BCUT2D eigenvalue weighted by Gasteiger charge is -2.07. The molecule has 8 nitrogen and oxygen atoms in total. The molecule has 2 aromatic carbocycles. The van der Waals surface area contributed by atoms with Gasteiger partial charge in [0.05, 0.1) is 11.5 Å². The fraction of sp³-hybridized carbons (Fsp3) is 0.118. The Morgan fingerprint density at radius 2 is 1.88 bits per heavy atom. The highest BCUT2D eigenvalue weighted by atomic mass is 16.6. The molecule has 0 atom stereocenters. The zero-order valence-corrected chi connectivity index (χ0v) is 12.9. The molecule has 0 radical (unpaired) electrons. The van der Waals surface area contributed by atoms with Crippen LogP contribution in [0, 0.1) is 10.1 Å². The van der Waals surface area contributed by atoms with Crippen molar-refractivity contribution in [3.8, 4) is 11.5 Å². The lowest BCUT2D eigenvalue weighted by molar-refractivity contribution is -0.385. The van der Waals surface area contributed by atoms with Gasteiger partial charge >= 0.3 is 0 Å². The van der Waals surface area contributed by atoms with E-state index in [1.165, 1.54) is 24.3 Å². The van der Waals surface area contributed by atoms with Crippen LogP contribution in [0.5, 0.6) is 11.5 Å². The Labute approximate surface area is 141 Å². The van der Waals surface area contributed by atoms with Crippen LogP contribution in [0.4, 0.5) is 5.69 Å². The van der Waals surface area contributed by atoms with Gasteiger partial charge in [0, 0.05) is 24.2 Å². The maximum absolute atomic E-state index is 12.1. The molecular weight excluding hydrogens is 328 g/mol. The van der Waals surface area contributed by atoms with E-state index < -0.39 is 21.9 Å². The summed E-state index contributed by atoms with van der Waals surface area (Å²) in [6, 6.07) is 10.2. The molecule has 1 heterocycles. The minimum atomic E-state index is -0.523. The highest BCUT2D eigenvalue weighted by Crippen LogP contribution is 2.31. The summed E-state index contributed by atoms with van der Waals surface area (Å²) in [4.78, 5) is 22.6. The third kappa shape index (κ3) is 3.29. The molecule has 3 rings (SSSR count). The van der Waals surface area contributed by atoms with Crippen LogP contribution in [0.3, 0.4) is 0 Å². The average molecular weight is 342 g/mol. The second kappa shape index (κ2) is 6.62. The first-order chi connectivity index (χ1) is 12.0. The molecule has 0 aliphatic heterocycles. The highest BCUT2D eigenvalue weighted by Gasteiger charge is 2.14. The molecule has 0 aliphatic carbocycles. The van der Waals surface area contributed by atoms with Crippen LogP contribution in [0.15, 0.2) is 51.7 Å². The molecule has 0 saturated carbocycles.